The van der Waals surface area contributed by atoms with Crippen LogP contribution < -0.4 is 33.6 Å². The van der Waals surface area contributed by atoms with E-state index in [1.54, 1.807) is 12.1 Å². The number of nitrogens with one attached hydrogen (secondary N) is 3. The second-order valence-electron chi connectivity index (χ2n) is 11.8. The fourth-order valence-electron chi connectivity index (χ4n) is 6.01. The second-order valence-corrected chi connectivity index (χ2v) is 11.8. The quantitative estimate of drug-likeness (QED) is 0.0824. The minimum atomic E-state index is -0.925. The van der Waals surface area contributed by atoms with Gasteiger partial charge in [-0.25, -0.2) is 0 Å². The number of nitrogens with two attached hydrogens (primary N) is 4. The summed E-state index contributed by atoms with van der Waals surface area (Å²) in [4.78, 5) is 44.2. The summed E-state index contributed by atoms with van der Waals surface area (Å²) >= 11 is 0. The van der Waals surface area contributed by atoms with Gasteiger partial charge in [-0.1, -0.05) is 86.0 Å². The number of nitrogen functional groups attached to an aromatic ring is 1. The van der Waals surface area contributed by atoms with E-state index in [4.69, 9.17) is 28.3 Å². The van der Waals surface area contributed by atoms with E-state index in [1.807, 2.05) is 54.6 Å². The van der Waals surface area contributed by atoms with Gasteiger partial charge in [0.15, 0.2) is 5.96 Å². The Labute approximate surface area is 263 Å². The smallest absolute Gasteiger partial charge is 0.243 e. The number of carbonyl (C=O) groups excluding carboxylic acids is 3. The first-order valence-electron chi connectivity index (χ1n) is 15.5. The topological polar surface area (TPSA) is 216 Å². The molecule has 1 unspecified atom stereocenters. The van der Waals surface area contributed by atoms with Crippen LogP contribution in [0.2, 0.25) is 0 Å². The van der Waals surface area contributed by atoms with Crippen LogP contribution in [0.5, 0.6) is 0 Å². The Morgan fingerprint density at radius 2 is 1.53 bits per heavy atom. The minimum absolute atomic E-state index is 0.0304. The van der Waals surface area contributed by atoms with Crippen molar-refractivity contribution < 1.29 is 14.4 Å². The molecule has 1 aliphatic carbocycles. The molecule has 0 saturated heterocycles. The van der Waals surface area contributed by atoms with Gasteiger partial charge in [-0.2, -0.15) is 0 Å². The van der Waals surface area contributed by atoms with Gasteiger partial charge in [0.25, 0.3) is 0 Å². The van der Waals surface area contributed by atoms with E-state index in [1.165, 1.54) is 0 Å². The fourth-order valence-corrected chi connectivity index (χ4v) is 6.01. The van der Waals surface area contributed by atoms with Crippen molar-refractivity contribution in [3.05, 3.63) is 83.4 Å². The molecule has 11 nitrogen and oxygen atoms in total. The molecule has 1 saturated carbocycles. The van der Waals surface area contributed by atoms with Gasteiger partial charge in [0.1, 0.15) is 17.9 Å². The summed E-state index contributed by atoms with van der Waals surface area (Å²) in [5.41, 5.74) is 24.4. The number of carbonyl (C=O) groups is 3. The zero-order valence-corrected chi connectivity index (χ0v) is 25.5. The molecule has 3 aromatic rings. The van der Waals surface area contributed by atoms with Crippen molar-refractivity contribution in [1.82, 2.24) is 10.6 Å². The first-order valence-corrected chi connectivity index (χ1v) is 15.5. The van der Waals surface area contributed by atoms with Crippen LogP contribution in [0, 0.1) is 11.3 Å². The molecule has 45 heavy (non-hydrogen) atoms. The number of fused-ring (bicyclic) bond motifs is 1. The van der Waals surface area contributed by atoms with Crippen molar-refractivity contribution in [3.63, 3.8) is 0 Å². The van der Waals surface area contributed by atoms with Crippen LogP contribution in [0.4, 0.5) is 0 Å². The number of hydrogen-bond donors (Lipinski definition) is 7. The number of nitrogens with zero attached hydrogens (tertiary/aromatic N) is 1. The number of benzene rings is 3. The number of amidine groups is 1. The molecule has 3 aromatic carbocycles. The maximum Gasteiger partial charge on any atom is 0.243 e. The Morgan fingerprint density at radius 3 is 2.18 bits per heavy atom. The third kappa shape index (κ3) is 9.28. The predicted octanol–water partition coefficient (Wildman–Crippen LogP) is 2.54. The Balaban J connectivity index is 1.61. The van der Waals surface area contributed by atoms with E-state index in [9.17, 15) is 14.4 Å². The van der Waals surface area contributed by atoms with Crippen molar-refractivity contribution >= 4 is 40.3 Å². The number of guanidine groups is 1. The van der Waals surface area contributed by atoms with Crippen molar-refractivity contribution in [2.24, 2.45) is 33.8 Å². The van der Waals surface area contributed by atoms with E-state index in [2.05, 4.69) is 15.6 Å². The van der Waals surface area contributed by atoms with E-state index in [-0.39, 0.29) is 30.0 Å². The molecule has 0 heterocycles. The highest BCUT2D eigenvalue weighted by molar-refractivity contribution is 5.95. The van der Waals surface area contributed by atoms with Gasteiger partial charge in [-0.05, 0) is 59.9 Å². The zero-order valence-electron chi connectivity index (χ0n) is 25.5. The molecule has 11 N–H and O–H groups in total. The molecular weight excluding hydrogens is 568 g/mol. The maximum atomic E-state index is 14.2. The van der Waals surface area contributed by atoms with E-state index < -0.39 is 29.8 Å². The molecule has 0 aromatic heterocycles. The lowest BCUT2D eigenvalue weighted by molar-refractivity contribution is -0.133. The molecule has 0 spiro atoms. The first-order chi connectivity index (χ1) is 21.6. The number of aliphatic imine (C=N–C) groups is 1. The highest BCUT2D eigenvalue weighted by Crippen LogP contribution is 2.29. The molecule has 0 bridgehead atoms. The van der Waals surface area contributed by atoms with Gasteiger partial charge < -0.3 is 33.6 Å². The standard InChI is InChI=1S/C34H44N8O3/c35-30(36)24-14-12-21(13-15-24)19-27(26-17-16-22-7-4-5-10-25(22)20-26)32(44)42-29(23-8-2-1-3-9-23)33(45)41-28(31(37)43)11-6-18-40-34(38)39/h4-5,7,10,12-17,20,23,27-29H,1-3,6,8-9,11,18-19H2,(H3,35,36)(H2,37,43)(H,41,45)(H,42,44)(H4,38,39,40)/t27?,28-,29-/m0/s1. The average Bonchev–Trinajstić information content (AvgIpc) is 3.03. The lowest BCUT2D eigenvalue weighted by atomic mass is 9.82. The van der Waals surface area contributed by atoms with E-state index >= 15 is 0 Å². The lowest BCUT2D eigenvalue weighted by Gasteiger charge is -2.32. The third-order valence-electron chi connectivity index (χ3n) is 8.50. The van der Waals surface area contributed by atoms with Crippen LogP contribution >= 0.6 is 0 Å². The third-order valence-corrected chi connectivity index (χ3v) is 8.50. The monoisotopic (exact) mass is 612 g/mol. The molecule has 238 valence electrons. The van der Waals surface area contributed by atoms with Crippen LogP contribution in [0.25, 0.3) is 10.8 Å². The van der Waals surface area contributed by atoms with Crippen molar-refractivity contribution in [1.29, 1.82) is 5.41 Å². The first kappa shape index (κ1) is 33.0. The van der Waals surface area contributed by atoms with Crippen LogP contribution in [-0.4, -0.2) is 48.1 Å². The second kappa shape index (κ2) is 15.7. The van der Waals surface area contributed by atoms with Gasteiger partial charge in [0.05, 0.1) is 5.92 Å². The number of primary amides is 1. The number of rotatable bonds is 14. The highest BCUT2D eigenvalue weighted by Gasteiger charge is 2.35. The molecule has 3 amide bonds. The van der Waals surface area contributed by atoms with Crippen LogP contribution in [0.3, 0.4) is 0 Å². The van der Waals surface area contributed by atoms with Crippen LogP contribution in [-0.2, 0) is 20.8 Å². The van der Waals surface area contributed by atoms with Gasteiger partial charge in [0.2, 0.25) is 17.7 Å². The summed E-state index contributed by atoms with van der Waals surface area (Å²) in [7, 11) is 0. The minimum Gasteiger partial charge on any atom is -0.384 e. The molecule has 0 aliphatic heterocycles. The Kier molecular flexibility index (Phi) is 11.5. The lowest BCUT2D eigenvalue weighted by Crippen LogP contribution is -2.56. The zero-order chi connectivity index (χ0) is 32.3. The molecule has 0 radical (unpaired) electrons. The fraction of sp³-hybridized carbons (Fsp3) is 0.382. The predicted molar refractivity (Wildman–Crippen MR) is 177 cm³/mol. The average molecular weight is 613 g/mol. The molecular formula is C34H44N8O3. The van der Waals surface area contributed by atoms with E-state index in [0.717, 1.165) is 54.0 Å². The maximum absolute atomic E-state index is 14.2. The van der Waals surface area contributed by atoms with Gasteiger partial charge in [0, 0.05) is 12.1 Å². The van der Waals surface area contributed by atoms with Gasteiger partial charge in [-0.15, -0.1) is 0 Å². The van der Waals surface area contributed by atoms with Gasteiger partial charge >= 0.3 is 0 Å². The van der Waals surface area contributed by atoms with Crippen molar-refractivity contribution in [2.45, 2.75) is 69.4 Å². The summed E-state index contributed by atoms with van der Waals surface area (Å²) in [5, 5.41) is 15.7. The van der Waals surface area contributed by atoms with Crippen LogP contribution in [0.1, 0.15) is 67.6 Å². The summed E-state index contributed by atoms with van der Waals surface area (Å²) < 4.78 is 0. The molecule has 1 aliphatic rings. The summed E-state index contributed by atoms with van der Waals surface area (Å²) in [6.07, 6.45) is 5.64. The summed E-state index contributed by atoms with van der Waals surface area (Å²) in [5.74, 6) is -2.14. The summed E-state index contributed by atoms with van der Waals surface area (Å²) in [6.45, 7) is 0.297. The molecule has 4 rings (SSSR count). The molecule has 1 fully saturated rings. The largest absolute Gasteiger partial charge is 0.384 e. The van der Waals surface area contributed by atoms with Crippen molar-refractivity contribution in [3.8, 4) is 0 Å². The highest BCUT2D eigenvalue weighted by atomic mass is 16.2. The molecule has 3 atom stereocenters. The van der Waals surface area contributed by atoms with Crippen LogP contribution in [0.15, 0.2) is 71.7 Å². The molecule has 11 heteroatoms. The SMILES string of the molecule is N=C(N)c1ccc(CC(C(=O)N[C@H](C(=O)N[C@@H](CCCN=C(N)N)C(N)=O)C2CCCCC2)c2ccc3ccccc3c2)cc1. The number of amides is 3. The Morgan fingerprint density at radius 1 is 0.844 bits per heavy atom. The summed E-state index contributed by atoms with van der Waals surface area (Å²) in [6, 6.07) is 19.4. The van der Waals surface area contributed by atoms with Crippen molar-refractivity contribution in [2.75, 3.05) is 6.54 Å². The van der Waals surface area contributed by atoms with Gasteiger partial charge in [-0.3, -0.25) is 24.8 Å². The number of hydrogen-bond acceptors (Lipinski definition) is 5. The van der Waals surface area contributed by atoms with E-state index in [0.29, 0.717) is 24.9 Å². The Bertz CT molecular complexity index is 1530. The normalized spacial score (nSPS) is 15.4. The Hall–Kier alpha value is -4.93.